The first-order valence-electron chi connectivity index (χ1n) is 13.2. The lowest BCUT2D eigenvalue weighted by atomic mass is 9.56. The number of allylic oxidation sites excluding steroid dienone is 1. The van der Waals surface area contributed by atoms with Crippen LogP contribution in [0.4, 0.5) is 13.2 Å². The van der Waals surface area contributed by atoms with E-state index in [1.807, 2.05) is 6.92 Å². The fraction of sp³-hybridized carbons (Fsp3) is 0.500. The predicted octanol–water partition coefficient (Wildman–Crippen LogP) is 2.33. The van der Waals surface area contributed by atoms with Gasteiger partial charge in [-0.05, 0) is 43.0 Å². The van der Waals surface area contributed by atoms with Crippen molar-refractivity contribution in [2.24, 2.45) is 17.6 Å². The number of carboxylic acid groups (broad SMARTS) is 2. The number of carboxylic acids is 2. The van der Waals surface area contributed by atoms with Gasteiger partial charge in [0.15, 0.2) is 6.23 Å². The normalized spacial score (nSPS) is 24.1. The Kier molecular flexibility index (Phi) is 9.76. The van der Waals surface area contributed by atoms with Crippen LogP contribution in [0.15, 0.2) is 29.7 Å². The Morgan fingerprint density at radius 1 is 1.19 bits per heavy atom. The first kappa shape index (κ1) is 32.2. The molecule has 2 aliphatic rings. The maximum absolute atomic E-state index is 14.1. The third-order valence-electron chi connectivity index (χ3n) is 7.51. The van der Waals surface area contributed by atoms with Crippen LogP contribution in [-0.4, -0.2) is 46.4 Å². The Bertz CT molecular complexity index is 1380. The lowest BCUT2D eigenvalue weighted by Gasteiger charge is -2.48. The molecule has 0 bridgehead atoms. The van der Waals surface area contributed by atoms with E-state index in [9.17, 15) is 37.9 Å². The van der Waals surface area contributed by atoms with Crippen molar-refractivity contribution in [2.45, 2.75) is 76.4 Å². The van der Waals surface area contributed by atoms with Gasteiger partial charge in [-0.3, -0.25) is 15.0 Å². The number of nitrogens with two attached hydrogens (primary N) is 1. The highest BCUT2D eigenvalue weighted by atomic mass is 19.4. The summed E-state index contributed by atoms with van der Waals surface area (Å²) in [7, 11) is 0. The monoisotopic (exact) mass is 591 g/mol. The van der Waals surface area contributed by atoms with Crippen molar-refractivity contribution in [3.63, 3.8) is 0 Å². The molecule has 42 heavy (non-hydrogen) atoms. The highest BCUT2D eigenvalue weighted by Gasteiger charge is 2.59. The molecule has 7 N–H and O–H groups in total. The van der Waals surface area contributed by atoms with Gasteiger partial charge in [0.1, 0.15) is 17.7 Å². The Morgan fingerprint density at radius 2 is 1.88 bits per heavy atom. The molecule has 226 valence electrons. The van der Waals surface area contributed by atoms with Gasteiger partial charge in [-0.15, -0.1) is 0 Å². The van der Waals surface area contributed by atoms with E-state index in [0.29, 0.717) is 0 Å². The molecular formula is C28H32F3N5O6. The zero-order chi connectivity index (χ0) is 31.4. The molecule has 4 unspecified atom stereocenters. The van der Waals surface area contributed by atoms with E-state index in [1.54, 1.807) is 13.8 Å². The number of halogens is 3. The minimum Gasteiger partial charge on any atom is -0.481 e. The molecule has 1 amide bonds. The van der Waals surface area contributed by atoms with Crippen LogP contribution < -0.4 is 21.9 Å². The van der Waals surface area contributed by atoms with Crippen molar-refractivity contribution in [3.05, 3.63) is 46.3 Å². The number of hydrogen-bond donors (Lipinski definition) is 6. The van der Waals surface area contributed by atoms with E-state index < -0.39 is 65.5 Å². The van der Waals surface area contributed by atoms with E-state index in [-0.39, 0.29) is 47.9 Å². The smallest absolute Gasteiger partial charge is 0.416 e. The topological polar surface area (TPSA) is 187 Å². The SMILES string of the molecule is CC1NNC2OC(N)=C(C#N)C(c3cc(C#CCCC(=O)N[C@H](CCC(=O)O)C(=O)O)cc(C(F)(F)F)c3)(C(C)C)C12. The number of ether oxygens (including phenoxy) is 1. The third kappa shape index (κ3) is 6.61. The molecule has 2 aliphatic heterocycles. The number of hydrazine groups is 1. The average molecular weight is 592 g/mol. The molecule has 5 atom stereocenters. The Balaban J connectivity index is 1.98. The number of benzene rings is 1. The van der Waals surface area contributed by atoms with Crippen LogP contribution in [0.25, 0.3) is 0 Å². The van der Waals surface area contributed by atoms with Crippen molar-refractivity contribution in [1.82, 2.24) is 16.2 Å². The highest BCUT2D eigenvalue weighted by Crippen LogP contribution is 2.53. The number of nitrogens with one attached hydrogen (secondary N) is 3. The zero-order valence-corrected chi connectivity index (χ0v) is 23.1. The van der Waals surface area contributed by atoms with E-state index in [2.05, 4.69) is 34.1 Å². The molecule has 14 heteroatoms. The molecular weight excluding hydrogens is 559 g/mol. The molecule has 0 aromatic heterocycles. The fourth-order valence-corrected chi connectivity index (χ4v) is 5.68. The van der Waals surface area contributed by atoms with Crippen LogP contribution in [0, 0.1) is 35.0 Å². The number of amides is 1. The molecule has 0 aliphatic carbocycles. The molecule has 1 aromatic rings. The van der Waals surface area contributed by atoms with Crippen LogP contribution >= 0.6 is 0 Å². The van der Waals surface area contributed by atoms with E-state index in [4.69, 9.17) is 15.6 Å². The number of nitriles is 1. The maximum atomic E-state index is 14.1. The largest absolute Gasteiger partial charge is 0.481 e. The second-order valence-corrected chi connectivity index (χ2v) is 10.5. The molecule has 11 nitrogen and oxygen atoms in total. The van der Waals surface area contributed by atoms with Gasteiger partial charge in [-0.1, -0.05) is 25.7 Å². The minimum absolute atomic E-state index is 0.00407. The molecule has 2 heterocycles. The van der Waals surface area contributed by atoms with Crippen LogP contribution in [0.1, 0.15) is 63.1 Å². The average Bonchev–Trinajstić information content (AvgIpc) is 3.27. The van der Waals surface area contributed by atoms with Crippen molar-refractivity contribution < 1.29 is 42.5 Å². The van der Waals surface area contributed by atoms with Gasteiger partial charge in [0.05, 0.1) is 5.56 Å². The van der Waals surface area contributed by atoms with E-state index in [0.717, 1.165) is 12.1 Å². The number of carbonyl (C=O) groups excluding carboxylic acids is 1. The van der Waals surface area contributed by atoms with E-state index >= 15 is 0 Å². The number of hydrogen-bond acceptors (Lipinski definition) is 8. The number of rotatable bonds is 9. The summed E-state index contributed by atoms with van der Waals surface area (Å²) in [4.78, 5) is 34.2. The summed E-state index contributed by atoms with van der Waals surface area (Å²) in [6.45, 7) is 5.41. The van der Waals surface area contributed by atoms with Gasteiger partial charge < -0.3 is 26.0 Å². The van der Waals surface area contributed by atoms with Crippen LogP contribution in [0.3, 0.4) is 0 Å². The molecule has 1 saturated heterocycles. The number of carbonyl (C=O) groups is 3. The first-order valence-corrected chi connectivity index (χ1v) is 13.2. The van der Waals surface area contributed by atoms with Gasteiger partial charge in [0.25, 0.3) is 0 Å². The van der Waals surface area contributed by atoms with Gasteiger partial charge in [0.2, 0.25) is 11.8 Å². The van der Waals surface area contributed by atoms with Crippen molar-refractivity contribution in [1.29, 1.82) is 5.26 Å². The van der Waals surface area contributed by atoms with Crippen LogP contribution in [-0.2, 0) is 30.7 Å². The van der Waals surface area contributed by atoms with Gasteiger partial charge in [-0.25, -0.2) is 10.2 Å². The summed E-state index contributed by atoms with van der Waals surface area (Å²) >= 11 is 0. The Hall–Kier alpha value is -4.27. The molecule has 0 radical (unpaired) electrons. The molecule has 1 fully saturated rings. The molecule has 3 rings (SSSR count). The minimum atomic E-state index is -4.74. The van der Waals surface area contributed by atoms with E-state index in [1.165, 1.54) is 6.07 Å². The second-order valence-electron chi connectivity index (χ2n) is 10.5. The fourth-order valence-electron chi connectivity index (χ4n) is 5.68. The predicted molar refractivity (Wildman–Crippen MR) is 141 cm³/mol. The summed E-state index contributed by atoms with van der Waals surface area (Å²) in [6, 6.07) is 3.71. The third-order valence-corrected chi connectivity index (χ3v) is 7.51. The standard InChI is InChI=1S/C28H32F3N5O6/c1-14(2)27(19(13-32)24(33)42-25-23(27)15(3)35-36-25)17-10-16(11-18(12-17)28(29,30)31)6-4-5-7-21(37)34-20(26(40)41)8-9-22(38)39/h10-12,14-15,20,23,25,35-36H,5,7-9,33H2,1-3H3,(H,34,37)(H,38,39)(H,40,41)/t15?,20-,23?,25?,27?/m1/s1. The van der Waals surface area contributed by atoms with Crippen molar-refractivity contribution in [2.75, 3.05) is 0 Å². The van der Waals surface area contributed by atoms with Crippen molar-refractivity contribution in [3.8, 4) is 17.9 Å². The van der Waals surface area contributed by atoms with Gasteiger partial charge in [-0.2, -0.15) is 18.4 Å². The highest BCUT2D eigenvalue weighted by molar-refractivity contribution is 5.84. The Labute approximate surface area is 240 Å². The quantitative estimate of drug-likeness (QED) is 0.233. The van der Waals surface area contributed by atoms with Crippen LogP contribution in [0.2, 0.25) is 0 Å². The molecule has 0 saturated carbocycles. The summed E-state index contributed by atoms with van der Waals surface area (Å²) in [5.41, 5.74) is 10.1. The van der Waals surface area contributed by atoms with Gasteiger partial charge >= 0.3 is 18.1 Å². The van der Waals surface area contributed by atoms with Crippen molar-refractivity contribution >= 4 is 17.8 Å². The molecule has 0 spiro atoms. The lowest BCUT2D eigenvalue weighted by Crippen LogP contribution is -2.55. The number of nitrogens with zero attached hydrogens (tertiary/aromatic N) is 1. The summed E-state index contributed by atoms with van der Waals surface area (Å²) in [5.74, 6) is 0.904. The maximum Gasteiger partial charge on any atom is 0.416 e. The zero-order valence-electron chi connectivity index (χ0n) is 23.1. The number of alkyl halides is 3. The Morgan fingerprint density at radius 3 is 2.45 bits per heavy atom. The lowest BCUT2D eigenvalue weighted by molar-refractivity contribution is -0.143. The summed E-state index contributed by atoms with van der Waals surface area (Å²) in [6.07, 6.45) is -6.60. The summed E-state index contributed by atoms with van der Waals surface area (Å²) < 4.78 is 48.0. The number of aliphatic carboxylic acids is 2. The summed E-state index contributed by atoms with van der Waals surface area (Å²) in [5, 5.41) is 30.3. The number of fused-ring (bicyclic) bond motifs is 1. The van der Waals surface area contributed by atoms with Crippen LogP contribution in [0.5, 0.6) is 0 Å². The second kappa shape index (κ2) is 12.7. The molecule has 1 aromatic carbocycles. The van der Waals surface area contributed by atoms with Gasteiger partial charge in [0, 0.05) is 42.2 Å². The first-order chi connectivity index (χ1) is 19.6.